The summed E-state index contributed by atoms with van der Waals surface area (Å²) in [6, 6.07) is 6.89. The van der Waals surface area contributed by atoms with Gasteiger partial charge in [0.25, 0.3) is 0 Å². The standard InChI is InChI=1S/C18H27N3O3.ClH/c1-12(2)20-16(22)11-13-3-5-15(6-4-13)21-18(23)17(19)14-7-9-24-10-8-14;/h3-6,12,14,17H,7-11,19H2,1-2H3,(H,20,22)(H,21,23);1H. The zero-order chi connectivity index (χ0) is 17.5. The van der Waals surface area contributed by atoms with Gasteiger partial charge in [0.2, 0.25) is 11.8 Å². The number of halogens is 1. The first-order valence-electron chi connectivity index (χ1n) is 8.48. The molecule has 1 saturated heterocycles. The second-order valence-electron chi connectivity index (χ2n) is 6.56. The van der Waals surface area contributed by atoms with E-state index in [-0.39, 0.29) is 36.2 Å². The highest BCUT2D eigenvalue weighted by Crippen LogP contribution is 2.19. The van der Waals surface area contributed by atoms with Crippen molar-refractivity contribution >= 4 is 29.9 Å². The highest BCUT2D eigenvalue weighted by molar-refractivity contribution is 5.95. The molecule has 0 aromatic heterocycles. The van der Waals surface area contributed by atoms with E-state index in [4.69, 9.17) is 10.5 Å². The molecule has 1 atom stereocenters. The van der Waals surface area contributed by atoms with E-state index >= 15 is 0 Å². The van der Waals surface area contributed by atoms with Crippen LogP contribution in [0.25, 0.3) is 0 Å². The zero-order valence-corrected chi connectivity index (χ0v) is 15.6. The van der Waals surface area contributed by atoms with Crippen LogP contribution in [0.5, 0.6) is 0 Å². The summed E-state index contributed by atoms with van der Waals surface area (Å²) in [5.41, 5.74) is 7.65. The van der Waals surface area contributed by atoms with Crippen LogP contribution in [0.15, 0.2) is 24.3 Å². The second kappa shape index (κ2) is 10.4. The Hall–Kier alpha value is -1.63. The minimum Gasteiger partial charge on any atom is -0.381 e. The molecule has 1 aromatic carbocycles. The van der Waals surface area contributed by atoms with Crippen molar-refractivity contribution in [1.29, 1.82) is 0 Å². The largest absolute Gasteiger partial charge is 0.381 e. The molecule has 1 heterocycles. The molecule has 2 amide bonds. The van der Waals surface area contributed by atoms with Crippen molar-refractivity contribution in [2.75, 3.05) is 18.5 Å². The number of hydrogen-bond acceptors (Lipinski definition) is 4. The molecule has 1 aliphatic heterocycles. The van der Waals surface area contributed by atoms with Crippen molar-refractivity contribution in [3.05, 3.63) is 29.8 Å². The summed E-state index contributed by atoms with van der Waals surface area (Å²) in [6.07, 6.45) is 1.96. The summed E-state index contributed by atoms with van der Waals surface area (Å²) < 4.78 is 5.30. The van der Waals surface area contributed by atoms with Gasteiger partial charge >= 0.3 is 0 Å². The molecule has 1 aliphatic rings. The third-order valence-corrected chi connectivity index (χ3v) is 4.11. The van der Waals surface area contributed by atoms with Crippen LogP contribution < -0.4 is 16.4 Å². The van der Waals surface area contributed by atoms with Crippen LogP contribution in [0.4, 0.5) is 5.69 Å². The minimum absolute atomic E-state index is 0. The second-order valence-corrected chi connectivity index (χ2v) is 6.56. The third-order valence-electron chi connectivity index (χ3n) is 4.11. The number of rotatable bonds is 6. The number of anilines is 1. The van der Waals surface area contributed by atoms with Crippen molar-refractivity contribution in [2.45, 2.75) is 45.2 Å². The van der Waals surface area contributed by atoms with Gasteiger partial charge in [-0.15, -0.1) is 12.4 Å². The molecule has 0 aliphatic carbocycles. The van der Waals surface area contributed by atoms with E-state index in [0.29, 0.717) is 25.3 Å². The first kappa shape index (κ1) is 21.4. The predicted molar refractivity (Wildman–Crippen MR) is 101 cm³/mol. The Bertz CT molecular complexity index is 557. The number of amides is 2. The van der Waals surface area contributed by atoms with Crippen molar-refractivity contribution in [3.63, 3.8) is 0 Å². The van der Waals surface area contributed by atoms with E-state index in [1.807, 2.05) is 26.0 Å². The Morgan fingerprint density at radius 2 is 1.80 bits per heavy atom. The molecule has 0 bridgehead atoms. The molecule has 1 unspecified atom stereocenters. The van der Waals surface area contributed by atoms with Crippen LogP contribution in [-0.4, -0.2) is 37.1 Å². The molecular weight excluding hydrogens is 342 g/mol. The average molecular weight is 370 g/mol. The van der Waals surface area contributed by atoms with Crippen molar-refractivity contribution in [2.24, 2.45) is 11.7 Å². The molecule has 1 aromatic rings. The maximum atomic E-state index is 12.3. The lowest BCUT2D eigenvalue weighted by Gasteiger charge is -2.26. The molecule has 0 spiro atoms. The van der Waals surface area contributed by atoms with Gasteiger partial charge in [0.15, 0.2) is 0 Å². The van der Waals surface area contributed by atoms with E-state index in [0.717, 1.165) is 18.4 Å². The molecule has 0 radical (unpaired) electrons. The summed E-state index contributed by atoms with van der Waals surface area (Å²) in [6.45, 7) is 5.19. The quantitative estimate of drug-likeness (QED) is 0.713. The van der Waals surface area contributed by atoms with Gasteiger partial charge in [-0.25, -0.2) is 0 Å². The fraction of sp³-hybridized carbons (Fsp3) is 0.556. The number of carbonyl (C=O) groups excluding carboxylic acids is 2. The highest BCUT2D eigenvalue weighted by Gasteiger charge is 2.26. The molecule has 4 N–H and O–H groups in total. The fourth-order valence-electron chi connectivity index (χ4n) is 2.78. The SMILES string of the molecule is CC(C)NC(=O)Cc1ccc(NC(=O)C(N)C2CCOCC2)cc1.Cl. The zero-order valence-electron chi connectivity index (χ0n) is 14.8. The van der Waals surface area contributed by atoms with E-state index in [9.17, 15) is 9.59 Å². The van der Waals surface area contributed by atoms with Gasteiger partial charge in [0.1, 0.15) is 0 Å². The highest BCUT2D eigenvalue weighted by atomic mass is 35.5. The van der Waals surface area contributed by atoms with Crippen molar-refractivity contribution in [1.82, 2.24) is 5.32 Å². The Kier molecular flexibility index (Phi) is 8.89. The molecular formula is C18H28ClN3O3. The summed E-state index contributed by atoms with van der Waals surface area (Å²) in [7, 11) is 0. The molecule has 1 fully saturated rings. The normalized spacial score (nSPS) is 16.0. The van der Waals surface area contributed by atoms with Gasteiger partial charge in [-0.3, -0.25) is 9.59 Å². The lowest BCUT2D eigenvalue weighted by atomic mass is 9.92. The fourth-order valence-corrected chi connectivity index (χ4v) is 2.78. The number of nitrogens with two attached hydrogens (primary N) is 1. The maximum absolute atomic E-state index is 12.3. The van der Waals surface area contributed by atoms with Crippen LogP contribution in [0, 0.1) is 5.92 Å². The molecule has 0 saturated carbocycles. The Balaban J connectivity index is 0.00000312. The van der Waals surface area contributed by atoms with Gasteiger partial charge in [0.05, 0.1) is 12.5 Å². The van der Waals surface area contributed by atoms with Crippen molar-refractivity contribution in [3.8, 4) is 0 Å². The first-order chi connectivity index (χ1) is 11.5. The molecule has 25 heavy (non-hydrogen) atoms. The van der Waals surface area contributed by atoms with Crippen LogP contribution in [0.2, 0.25) is 0 Å². The maximum Gasteiger partial charge on any atom is 0.241 e. The van der Waals surface area contributed by atoms with Crippen LogP contribution in [-0.2, 0) is 20.7 Å². The predicted octanol–water partition coefficient (Wildman–Crippen LogP) is 1.87. The van der Waals surface area contributed by atoms with E-state index in [1.165, 1.54) is 0 Å². The van der Waals surface area contributed by atoms with E-state index < -0.39 is 6.04 Å². The number of hydrogen-bond donors (Lipinski definition) is 3. The minimum atomic E-state index is -0.523. The first-order valence-corrected chi connectivity index (χ1v) is 8.48. The van der Waals surface area contributed by atoms with E-state index in [1.54, 1.807) is 12.1 Å². The molecule has 140 valence electrons. The lowest BCUT2D eigenvalue weighted by Crippen LogP contribution is -2.44. The molecule has 7 heteroatoms. The summed E-state index contributed by atoms with van der Waals surface area (Å²) in [5, 5.41) is 5.70. The summed E-state index contributed by atoms with van der Waals surface area (Å²) >= 11 is 0. The van der Waals surface area contributed by atoms with Gasteiger partial charge < -0.3 is 21.1 Å². The molecule has 2 rings (SSSR count). The summed E-state index contributed by atoms with van der Waals surface area (Å²) in [4.78, 5) is 24.0. The number of benzene rings is 1. The van der Waals surface area contributed by atoms with Crippen LogP contribution in [0.1, 0.15) is 32.3 Å². The van der Waals surface area contributed by atoms with Gasteiger partial charge in [0, 0.05) is 24.9 Å². The Labute approximate surface area is 155 Å². The summed E-state index contributed by atoms with van der Waals surface area (Å²) in [5.74, 6) is -0.0201. The van der Waals surface area contributed by atoms with Crippen molar-refractivity contribution < 1.29 is 14.3 Å². The van der Waals surface area contributed by atoms with Crippen LogP contribution >= 0.6 is 12.4 Å². The van der Waals surface area contributed by atoms with Crippen LogP contribution in [0.3, 0.4) is 0 Å². The van der Waals surface area contributed by atoms with Gasteiger partial charge in [-0.1, -0.05) is 12.1 Å². The topological polar surface area (TPSA) is 93.5 Å². The Morgan fingerprint density at radius 1 is 1.20 bits per heavy atom. The number of ether oxygens (including phenoxy) is 1. The number of carbonyl (C=O) groups is 2. The third kappa shape index (κ3) is 7.02. The van der Waals surface area contributed by atoms with E-state index in [2.05, 4.69) is 10.6 Å². The smallest absolute Gasteiger partial charge is 0.241 e. The average Bonchev–Trinajstić information content (AvgIpc) is 2.56. The Morgan fingerprint density at radius 3 is 2.36 bits per heavy atom. The van der Waals surface area contributed by atoms with Gasteiger partial charge in [-0.2, -0.15) is 0 Å². The molecule has 6 nitrogen and oxygen atoms in total. The lowest BCUT2D eigenvalue weighted by molar-refractivity contribution is -0.121. The number of nitrogens with one attached hydrogen (secondary N) is 2. The van der Waals surface area contributed by atoms with Gasteiger partial charge in [-0.05, 0) is 50.3 Å². The monoisotopic (exact) mass is 369 g/mol.